The normalized spacial score (nSPS) is 20.6. The van der Waals surface area contributed by atoms with Crippen LogP contribution in [0.4, 0.5) is 14.5 Å². The Morgan fingerprint density at radius 1 is 1.11 bits per heavy atom. The monoisotopic (exact) mass is 408 g/mol. The second kappa shape index (κ2) is 6.93. The smallest absolute Gasteiger partial charge is 0.240 e. The third kappa shape index (κ3) is 3.79. The van der Waals surface area contributed by atoms with Gasteiger partial charge in [-0.2, -0.15) is 0 Å². The van der Waals surface area contributed by atoms with E-state index in [1.807, 2.05) is 13.8 Å². The van der Waals surface area contributed by atoms with Crippen LogP contribution in [0.5, 0.6) is 0 Å². The molecule has 5 nitrogen and oxygen atoms in total. The van der Waals surface area contributed by atoms with Crippen molar-refractivity contribution in [3.05, 3.63) is 59.7 Å². The van der Waals surface area contributed by atoms with Crippen LogP contribution in [-0.4, -0.2) is 20.9 Å². The van der Waals surface area contributed by atoms with Crippen molar-refractivity contribution in [1.82, 2.24) is 4.72 Å². The van der Waals surface area contributed by atoms with Gasteiger partial charge in [-0.1, -0.05) is 19.9 Å². The molecule has 2 aromatic rings. The minimum Gasteiger partial charge on any atom is -0.326 e. The SMILES string of the molecule is CC(=O)Nc1ccc(S(=O)(=O)NCC2(c3ccc(F)cc3F)CC2(C)C)cc1. The van der Waals surface area contributed by atoms with Crippen LogP contribution in [0.25, 0.3) is 0 Å². The molecule has 2 N–H and O–H groups in total. The van der Waals surface area contributed by atoms with Gasteiger partial charge >= 0.3 is 0 Å². The number of sulfonamides is 1. The Hall–Kier alpha value is -2.32. The highest BCUT2D eigenvalue weighted by Gasteiger charge is 2.63. The predicted molar refractivity (Wildman–Crippen MR) is 102 cm³/mol. The summed E-state index contributed by atoms with van der Waals surface area (Å²) in [5.41, 5.74) is -0.278. The molecule has 1 unspecified atom stereocenters. The average molecular weight is 408 g/mol. The summed E-state index contributed by atoms with van der Waals surface area (Å²) in [5.74, 6) is -1.60. The lowest BCUT2D eigenvalue weighted by atomic mass is 9.87. The molecular formula is C20H22F2N2O3S. The van der Waals surface area contributed by atoms with Crippen molar-refractivity contribution in [2.75, 3.05) is 11.9 Å². The number of benzene rings is 2. The maximum atomic E-state index is 14.4. The van der Waals surface area contributed by atoms with E-state index in [0.717, 1.165) is 6.07 Å². The van der Waals surface area contributed by atoms with E-state index in [0.29, 0.717) is 17.7 Å². The van der Waals surface area contributed by atoms with Gasteiger partial charge in [-0.15, -0.1) is 0 Å². The van der Waals surface area contributed by atoms with Crippen LogP contribution in [0, 0.1) is 17.0 Å². The molecule has 2 aromatic carbocycles. The van der Waals surface area contributed by atoms with Crippen molar-refractivity contribution < 1.29 is 22.0 Å². The first-order valence-corrected chi connectivity index (χ1v) is 10.3. The lowest BCUT2D eigenvalue weighted by Crippen LogP contribution is -2.35. The lowest BCUT2D eigenvalue weighted by molar-refractivity contribution is -0.114. The maximum Gasteiger partial charge on any atom is 0.240 e. The van der Waals surface area contributed by atoms with Crippen LogP contribution in [-0.2, 0) is 20.2 Å². The molecule has 1 saturated carbocycles. The number of carbonyl (C=O) groups is 1. The van der Waals surface area contributed by atoms with Gasteiger partial charge in [0.15, 0.2) is 0 Å². The zero-order valence-electron chi connectivity index (χ0n) is 15.8. The molecule has 1 fully saturated rings. The number of hydrogen-bond donors (Lipinski definition) is 2. The summed E-state index contributed by atoms with van der Waals surface area (Å²) in [6.07, 6.45) is 0.576. The standard InChI is InChI=1S/C20H22F2N2O3S/c1-13(25)24-15-5-7-16(8-6-15)28(26,27)23-12-20(11-19(20,2)3)17-9-4-14(21)10-18(17)22/h4-10,23H,11-12H2,1-3H3,(H,24,25). The molecule has 8 heteroatoms. The van der Waals surface area contributed by atoms with Gasteiger partial charge in [-0.25, -0.2) is 21.9 Å². The number of rotatable bonds is 6. The molecule has 28 heavy (non-hydrogen) atoms. The average Bonchev–Trinajstić information content (AvgIpc) is 3.15. The molecule has 150 valence electrons. The summed E-state index contributed by atoms with van der Waals surface area (Å²) in [6, 6.07) is 9.15. The third-order valence-corrected chi connectivity index (χ3v) is 6.83. The number of halogens is 2. The van der Waals surface area contributed by atoms with E-state index in [-0.39, 0.29) is 22.8 Å². The molecule has 0 spiro atoms. The highest BCUT2D eigenvalue weighted by Crippen LogP contribution is 2.64. The quantitative estimate of drug-likeness (QED) is 0.767. The molecule has 0 bridgehead atoms. The van der Waals surface area contributed by atoms with Crippen molar-refractivity contribution in [2.45, 2.75) is 37.5 Å². The van der Waals surface area contributed by atoms with Crippen molar-refractivity contribution in [3.8, 4) is 0 Å². The van der Waals surface area contributed by atoms with Crippen LogP contribution in [0.15, 0.2) is 47.4 Å². The Morgan fingerprint density at radius 2 is 1.71 bits per heavy atom. The molecular weight excluding hydrogens is 386 g/mol. The largest absolute Gasteiger partial charge is 0.326 e. The first-order valence-electron chi connectivity index (χ1n) is 8.80. The van der Waals surface area contributed by atoms with Gasteiger partial charge in [0.1, 0.15) is 11.6 Å². The van der Waals surface area contributed by atoms with E-state index >= 15 is 0 Å². The van der Waals surface area contributed by atoms with Gasteiger partial charge in [0.2, 0.25) is 15.9 Å². The minimum atomic E-state index is -3.84. The van der Waals surface area contributed by atoms with Crippen molar-refractivity contribution in [1.29, 1.82) is 0 Å². The summed E-state index contributed by atoms with van der Waals surface area (Å²) in [6.45, 7) is 5.20. The number of carbonyl (C=O) groups excluding carboxylic acids is 1. The van der Waals surface area contributed by atoms with Crippen LogP contribution in [0.1, 0.15) is 32.8 Å². The Labute approximate surface area is 163 Å². The second-order valence-electron chi connectivity index (χ2n) is 7.80. The van der Waals surface area contributed by atoms with Gasteiger partial charge in [0, 0.05) is 30.6 Å². The summed E-state index contributed by atoms with van der Waals surface area (Å²) in [5, 5.41) is 2.57. The molecule has 1 amide bonds. The Bertz CT molecular complexity index is 1020. The second-order valence-corrected chi connectivity index (χ2v) is 9.56. The van der Waals surface area contributed by atoms with Crippen LogP contribution >= 0.6 is 0 Å². The fraction of sp³-hybridized carbons (Fsp3) is 0.350. The zero-order chi connectivity index (χ0) is 20.7. The van der Waals surface area contributed by atoms with E-state index in [1.54, 1.807) is 0 Å². The molecule has 0 aromatic heterocycles. The topological polar surface area (TPSA) is 75.3 Å². The predicted octanol–water partition coefficient (Wildman–Crippen LogP) is 3.57. The number of nitrogens with one attached hydrogen (secondary N) is 2. The molecule has 0 aliphatic heterocycles. The first kappa shape index (κ1) is 20.4. The maximum absolute atomic E-state index is 14.4. The summed E-state index contributed by atoms with van der Waals surface area (Å²) in [7, 11) is -3.84. The number of hydrogen-bond acceptors (Lipinski definition) is 3. The fourth-order valence-electron chi connectivity index (χ4n) is 3.67. The molecule has 0 saturated heterocycles. The molecule has 1 atom stereocenters. The molecule has 1 aliphatic rings. The van der Waals surface area contributed by atoms with Crippen LogP contribution in [0.2, 0.25) is 0 Å². The number of anilines is 1. The van der Waals surface area contributed by atoms with Gasteiger partial charge in [-0.3, -0.25) is 4.79 Å². The van der Waals surface area contributed by atoms with Crippen LogP contribution in [0.3, 0.4) is 0 Å². The zero-order valence-corrected chi connectivity index (χ0v) is 16.7. The van der Waals surface area contributed by atoms with Crippen molar-refractivity contribution in [2.24, 2.45) is 5.41 Å². The van der Waals surface area contributed by atoms with E-state index in [1.165, 1.54) is 43.3 Å². The van der Waals surface area contributed by atoms with Gasteiger partial charge < -0.3 is 5.32 Å². The fourth-order valence-corrected chi connectivity index (χ4v) is 4.76. The van der Waals surface area contributed by atoms with Crippen LogP contribution < -0.4 is 10.0 Å². The Balaban J connectivity index is 1.81. The highest BCUT2D eigenvalue weighted by atomic mass is 32.2. The third-order valence-electron chi connectivity index (χ3n) is 5.41. The molecule has 1 aliphatic carbocycles. The molecule has 3 rings (SSSR count). The van der Waals surface area contributed by atoms with E-state index in [9.17, 15) is 22.0 Å². The summed E-state index contributed by atoms with van der Waals surface area (Å²) >= 11 is 0. The number of amides is 1. The first-order chi connectivity index (χ1) is 13.0. The van der Waals surface area contributed by atoms with Gasteiger partial charge in [0.25, 0.3) is 0 Å². The van der Waals surface area contributed by atoms with Gasteiger partial charge in [0.05, 0.1) is 4.90 Å². The van der Waals surface area contributed by atoms with E-state index in [2.05, 4.69) is 10.0 Å². The summed E-state index contributed by atoms with van der Waals surface area (Å²) in [4.78, 5) is 11.1. The van der Waals surface area contributed by atoms with Crippen molar-refractivity contribution >= 4 is 21.6 Å². The Morgan fingerprint density at radius 3 is 2.21 bits per heavy atom. The minimum absolute atomic E-state index is 0.00165. The van der Waals surface area contributed by atoms with Gasteiger partial charge in [-0.05, 0) is 47.7 Å². The lowest BCUT2D eigenvalue weighted by Gasteiger charge is -2.22. The highest BCUT2D eigenvalue weighted by molar-refractivity contribution is 7.89. The molecule has 0 radical (unpaired) electrons. The molecule has 0 heterocycles. The Kier molecular flexibility index (Phi) is 5.05. The van der Waals surface area contributed by atoms with Crippen molar-refractivity contribution in [3.63, 3.8) is 0 Å². The summed E-state index contributed by atoms with van der Waals surface area (Å²) < 4.78 is 55.5. The van der Waals surface area contributed by atoms with E-state index in [4.69, 9.17) is 0 Å². The van der Waals surface area contributed by atoms with E-state index < -0.39 is 27.1 Å².